The van der Waals surface area contributed by atoms with E-state index in [4.69, 9.17) is 4.74 Å². The first-order valence-corrected chi connectivity index (χ1v) is 8.59. The predicted molar refractivity (Wildman–Crippen MR) is 106 cm³/mol. The van der Waals surface area contributed by atoms with E-state index in [9.17, 15) is 29.8 Å². The van der Waals surface area contributed by atoms with Gasteiger partial charge in [-0.05, 0) is 30.7 Å². The Hall–Kier alpha value is -4.34. The first-order valence-electron chi connectivity index (χ1n) is 8.59. The maximum Gasteiger partial charge on any atom is 0.340 e. The molecule has 0 atom stereocenters. The molecule has 152 valence electrons. The van der Waals surface area contributed by atoms with Gasteiger partial charge in [-0.3, -0.25) is 29.9 Å². The van der Waals surface area contributed by atoms with Gasteiger partial charge < -0.3 is 4.74 Å². The molecule has 2 aromatic rings. The molecule has 1 heterocycles. The molecule has 0 saturated carbocycles. The maximum absolute atomic E-state index is 13.1. The number of anilines is 1. The molecule has 30 heavy (non-hydrogen) atoms. The number of allylic oxidation sites excluding steroid dienone is 1. The van der Waals surface area contributed by atoms with E-state index in [1.165, 1.54) is 60.6 Å². The van der Waals surface area contributed by atoms with Crippen LogP contribution in [0.5, 0.6) is 0 Å². The van der Waals surface area contributed by atoms with Crippen LogP contribution in [0.4, 0.5) is 17.1 Å². The van der Waals surface area contributed by atoms with E-state index in [2.05, 4.69) is 0 Å². The van der Waals surface area contributed by atoms with E-state index in [-0.39, 0.29) is 28.2 Å². The van der Waals surface area contributed by atoms with Gasteiger partial charge >= 0.3 is 5.97 Å². The van der Waals surface area contributed by atoms with Crippen LogP contribution in [0.3, 0.4) is 0 Å². The summed E-state index contributed by atoms with van der Waals surface area (Å²) in [5, 5.41) is 21.9. The molecule has 0 radical (unpaired) electrons. The third kappa shape index (κ3) is 3.65. The Morgan fingerprint density at radius 2 is 1.67 bits per heavy atom. The molecule has 0 fully saturated rings. The monoisotopic (exact) mass is 409 g/mol. The summed E-state index contributed by atoms with van der Waals surface area (Å²) < 4.78 is 4.80. The van der Waals surface area contributed by atoms with Crippen LogP contribution in [0.25, 0.3) is 6.08 Å². The Morgan fingerprint density at radius 1 is 1.03 bits per heavy atom. The fourth-order valence-electron chi connectivity index (χ4n) is 3.11. The number of benzene rings is 2. The van der Waals surface area contributed by atoms with Crippen molar-refractivity contribution in [3.63, 3.8) is 0 Å². The largest absolute Gasteiger partial charge is 0.465 e. The smallest absolute Gasteiger partial charge is 0.340 e. The van der Waals surface area contributed by atoms with E-state index in [1.54, 1.807) is 13.0 Å². The minimum atomic E-state index is -0.748. The molecular weight excluding hydrogens is 394 g/mol. The molecule has 1 aliphatic rings. The Morgan fingerprint density at radius 3 is 2.23 bits per heavy atom. The highest BCUT2D eigenvalue weighted by Crippen LogP contribution is 2.36. The third-order valence-corrected chi connectivity index (χ3v) is 4.50. The lowest BCUT2D eigenvalue weighted by Gasteiger charge is -2.17. The molecule has 10 heteroatoms. The number of carbonyl (C=O) groups excluding carboxylic acids is 2. The summed E-state index contributed by atoms with van der Waals surface area (Å²) in [5.74, 6) is -1.31. The lowest BCUT2D eigenvalue weighted by molar-refractivity contribution is -0.385. The summed E-state index contributed by atoms with van der Waals surface area (Å²) in [7, 11) is 1.17. The Balaban J connectivity index is 2.11. The molecule has 1 aliphatic heterocycles. The van der Waals surface area contributed by atoms with Crippen molar-refractivity contribution < 1.29 is 24.2 Å². The highest BCUT2D eigenvalue weighted by Gasteiger charge is 2.38. The summed E-state index contributed by atoms with van der Waals surface area (Å²) in [6.45, 7) is 1.54. The molecule has 2 aromatic carbocycles. The quantitative estimate of drug-likeness (QED) is 0.320. The lowest BCUT2D eigenvalue weighted by atomic mass is 10.0. The minimum Gasteiger partial charge on any atom is -0.465 e. The second-order valence-corrected chi connectivity index (χ2v) is 6.28. The number of non-ortho nitro benzene ring substituents is 2. The van der Waals surface area contributed by atoms with E-state index < -0.39 is 21.7 Å². The van der Waals surface area contributed by atoms with Crippen LogP contribution in [0, 0.1) is 20.2 Å². The number of carbonyl (C=O) groups is 2. The predicted octanol–water partition coefficient (Wildman–Crippen LogP) is 3.38. The van der Waals surface area contributed by atoms with E-state index in [0.717, 1.165) is 0 Å². The number of methoxy groups -OCH3 is 1. The first-order chi connectivity index (χ1) is 14.2. The summed E-state index contributed by atoms with van der Waals surface area (Å²) in [6.07, 6.45) is 1.37. The highest BCUT2D eigenvalue weighted by molar-refractivity contribution is 6.23. The number of hydrogen-bond acceptors (Lipinski definition) is 7. The lowest BCUT2D eigenvalue weighted by Crippen LogP contribution is -2.24. The fraction of sp³-hybridized carbons (Fsp3) is 0.100. The second-order valence-electron chi connectivity index (χ2n) is 6.28. The normalized spacial score (nSPS) is 14.9. The van der Waals surface area contributed by atoms with Gasteiger partial charge in [-0.2, -0.15) is 0 Å². The standard InChI is InChI=1S/C20H15N3O7/c1-12-18(20(25)30-2)17(11-13-4-3-5-16(10-13)23(28)29)19(24)21(12)14-6-8-15(9-7-14)22(26)27/h3-11H,1-2H3. The van der Waals surface area contributed by atoms with Gasteiger partial charge in [0.15, 0.2) is 0 Å². The van der Waals surface area contributed by atoms with E-state index >= 15 is 0 Å². The van der Waals surface area contributed by atoms with E-state index in [1.807, 2.05) is 0 Å². The van der Waals surface area contributed by atoms with Crippen molar-refractivity contribution in [2.24, 2.45) is 0 Å². The zero-order valence-electron chi connectivity index (χ0n) is 15.9. The summed E-state index contributed by atoms with van der Waals surface area (Å²) in [5.41, 5.74) is 0.650. The number of nitrogens with zero attached hydrogens (tertiary/aromatic N) is 3. The molecule has 0 saturated heterocycles. The SMILES string of the molecule is COC(=O)C1=C(C)N(c2ccc([N+](=O)[O-])cc2)C(=O)C1=Cc1cccc([N+](=O)[O-])c1. The molecule has 10 nitrogen and oxygen atoms in total. The van der Waals surface area contributed by atoms with Crippen molar-refractivity contribution in [3.05, 3.63) is 91.2 Å². The van der Waals surface area contributed by atoms with Crippen molar-refractivity contribution in [2.45, 2.75) is 6.92 Å². The Kier molecular flexibility index (Phi) is 5.41. The molecule has 1 amide bonds. The van der Waals surface area contributed by atoms with Crippen LogP contribution < -0.4 is 4.90 Å². The molecule has 0 aliphatic carbocycles. The van der Waals surface area contributed by atoms with Gasteiger partial charge in [-0.1, -0.05) is 12.1 Å². The van der Waals surface area contributed by atoms with Gasteiger partial charge in [0.05, 0.1) is 28.1 Å². The van der Waals surface area contributed by atoms with Crippen LogP contribution in [-0.2, 0) is 14.3 Å². The van der Waals surface area contributed by atoms with Crippen LogP contribution in [0.2, 0.25) is 0 Å². The van der Waals surface area contributed by atoms with Gasteiger partial charge in [0.1, 0.15) is 0 Å². The van der Waals surface area contributed by atoms with E-state index in [0.29, 0.717) is 11.3 Å². The van der Waals surface area contributed by atoms with Gasteiger partial charge in [0.2, 0.25) is 0 Å². The molecule has 0 aromatic heterocycles. The Labute approximate surface area is 170 Å². The van der Waals surface area contributed by atoms with Crippen LogP contribution in [-0.4, -0.2) is 28.8 Å². The van der Waals surface area contributed by atoms with Gasteiger partial charge in [0, 0.05) is 35.6 Å². The van der Waals surface area contributed by atoms with Crippen molar-refractivity contribution >= 4 is 35.0 Å². The highest BCUT2D eigenvalue weighted by atomic mass is 16.6. The molecule has 0 spiro atoms. The number of nitro groups is 2. The fourth-order valence-corrected chi connectivity index (χ4v) is 3.11. The average molecular weight is 409 g/mol. The molecule has 0 N–H and O–H groups in total. The number of amides is 1. The van der Waals surface area contributed by atoms with Crippen LogP contribution in [0.15, 0.2) is 65.4 Å². The number of rotatable bonds is 5. The minimum absolute atomic E-state index is 0.00167. The van der Waals surface area contributed by atoms with Gasteiger partial charge in [-0.15, -0.1) is 0 Å². The van der Waals surface area contributed by atoms with Crippen molar-refractivity contribution in [1.29, 1.82) is 0 Å². The number of ether oxygens (including phenoxy) is 1. The number of nitro benzene ring substituents is 2. The topological polar surface area (TPSA) is 133 Å². The molecule has 3 rings (SSSR count). The first kappa shape index (κ1) is 20.4. The summed E-state index contributed by atoms with van der Waals surface area (Å²) in [4.78, 5) is 47.5. The molecule has 0 unspecified atom stereocenters. The van der Waals surface area contributed by atoms with Crippen LogP contribution in [0.1, 0.15) is 12.5 Å². The van der Waals surface area contributed by atoms with Gasteiger partial charge in [-0.25, -0.2) is 4.79 Å². The van der Waals surface area contributed by atoms with Gasteiger partial charge in [0.25, 0.3) is 17.3 Å². The number of esters is 1. The zero-order valence-corrected chi connectivity index (χ0v) is 15.9. The maximum atomic E-state index is 13.1. The Bertz CT molecular complexity index is 1130. The van der Waals surface area contributed by atoms with Crippen molar-refractivity contribution in [3.8, 4) is 0 Å². The summed E-state index contributed by atoms with van der Waals surface area (Å²) >= 11 is 0. The average Bonchev–Trinajstić information content (AvgIpc) is 2.97. The summed E-state index contributed by atoms with van der Waals surface area (Å²) in [6, 6.07) is 10.9. The third-order valence-electron chi connectivity index (χ3n) is 4.50. The van der Waals surface area contributed by atoms with Crippen molar-refractivity contribution in [2.75, 3.05) is 12.0 Å². The molecule has 0 bridgehead atoms. The van der Waals surface area contributed by atoms with Crippen molar-refractivity contribution in [1.82, 2.24) is 0 Å². The van der Waals surface area contributed by atoms with Crippen LogP contribution >= 0.6 is 0 Å². The second kappa shape index (κ2) is 7.95. The zero-order chi connectivity index (χ0) is 22.0. The molecular formula is C20H15N3O7. The number of hydrogen-bond donors (Lipinski definition) is 0.